The molecule has 0 saturated heterocycles. The highest BCUT2D eigenvalue weighted by Gasteiger charge is 2.00. The minimum absolute atomic E-state index is 0.0526. The minimum Gasteiger partial charge on any atom is -0.468 e. The molecule has 0 radical (unpaired) electrons. The topological polar surface area (TPSA) is 77.1 Å². The third kappa shape index (κ3) is 3.47. The van der Waals surface area contributed by atoms with Gasteiger partial charge in [0.1, 0.15) is 5.75 Å². The summed E-state index contributed by atoms with van der Waals surface area (Å²) in [4.78, 5) is 0. The molecule has 15 heavy (non-hydrogen) atoms. The molecule has 0 amide bonds. The van der Waals surface area contributed by atoms with Crippen LogP contribution in [0.25, 0.3) is 0 Å². The van der Waals surface area contributed by atoms with Crippen LogP contribution < -0.4 is 10.5 Å². The molecule has 0 spiro atoms. The molecule has 1 aromatic rings. The van der Waals surface area contributed by atoms with E-state index in [1.165, 1.54) is 0 Å². The zero-order valence-corrected chi connectivity index (χ0v) is 8.51. The molecule has 5 nitrogen and oxygen atoms in total. The van der Waals surface area contributed by atoms with Crippen LogP contribution in [0.4, 0.5) is 0 Å². The van der Waals surface area contributed by atoms with Crippen LogP contribution in [0.3, 0.4) is 0 Å². The normalized spacial score (nSPS) is 11.4. The van der Waals surface area contributed by atoms with E-state index in [9.17, 15) is 0 Å². The van der Waals surface area contributed by atoms with Crippen molar-refractivity contribution < 1.29 is 14.7 Å². The number of nitrogens with zero attached hydrogens (tertiary/aromatic N) is 1. The lowest BCUT2D eigenvalue weighted by atomic mass is 10.2. The molecule has 82 valence electrons. The molecule has 0 aliphatic carbocycles. The van der Waals surface area contributed by atoms with Gasteiger partial charge in [0.15, 0.2) is 12.6 Å². The van der Waals surface area contributed by atoms with Crippen LogP contribution >= 0.6 is 0 Å². The number of ether oxygens (including phenoxy) is 2. The number of hydrogen-bond acceptors (Lipinski definition) is 4. The van der Waals surface area contributed by atoms with Gasteiger partial charge in [-0.1, -0.05) is 17.3 Å². The van der Waals surface area contributed by atoms with Crippen molar-refractivity contribution in [3.8, 4) is 5.75 Å². The second-order valence-electron chi connectivity index (χ2n) is 2.77. The van der Waals surface area contributed by atoms with Crippen LogP contribution in [0.1, 0.15) is 12.5 Å². The second kappa shape index (κ2) is 5.87. The standard InChI is InChI=1S/C10H14N2O3/c1-2-14-7-15-9-5-3-4-8(6-9)10(11)12-13/h3-6,13H,2,7H2,1H3,(H2,11,12). The van der Waals surface area contributed by atoms with Gasteiger partial charge in [0.2, 0.25) is 0 Å². The van der Waals surface area contributed by atoms with Gasteiger partial charge in [-0.2, -0.15) is 0 Å². The van der Waals surface area contributed by atoms with Crippen LogP contribution in [0.2, 0.25) is 0 Å². The third-order valence-electron chi connectivity index (χ3n) is 1.75. The van der Waals surface area contributed by atoms with E-state index in [1.807, 2.05) is 6.92 Å². The van der Waals surface area contributed by atoms with E-state index in [1.54, 1.807) is 24.3 Å². The molecule has 0 saturated carbocycles. The Morgan fingerprint density at radius 2 is 2.33 bits per heavy atom. The Balaban J connectivity index is 2.66. The van der Waals surface area contributed by atoms with Gasteiger partial charge in [-0.05, 0) is 19.1 Å². The molecule has 0 unspecified atom stereocenters. The summed E-state index contributed by atoms with van der Waals surface area (Å²) in [6, 6.07) is 6.93. The fourth-order valence-corrected chi connectivity index (χ4v) is 0.996. The van der Waals surface area contributed by atoms with E-state index in [-0.39, 0.29) is 12.6 Å². The molecule has 3 N–H and O–H groups in total. The largest absolute Gasteiger partial charge is 0.468 e. The molecular formula is C10H14N2O3. The Morgan fingerprint density at radius 3 is 3.00 bits per heavy atom. The van der Waals surface area contributed by atoms with Crippen molar-refractivity contribution in [1.29, 1.82) is 0 Å². The Labute approximate surface area is 88.1 Å². The predicted octanol–water partition coefficient (Wildman–Crippen LogP) is 1.15. The van der Waals surface area contributed by atoms with Gasteiger partial charge < -0.3 is 20.4 Å². The molecule has 0 aliphatic rings. The van der Waals surface area contributed by atoms with Crippen LogP contribution in [0.5, 0.6) is 5.75 Å². The molecule has 0 aliphatic heterocycles. The number of nitrogens with two attached hydrogens (primary N) is 1. The summed E-state index contributed by atoms with van der Waals surface area (Å²) in [5.74, 6) is 0.671. The molecule has 0 heterocycles. The van der Waals surface area contributed by atoms with Gasteiger partial charge in [-0.25, -0.2) is 0 Å². The first-order valence-electron chi connectivity index (χ1n) is 4.56. The molecule has 5 heteroatoms. The van der Waals surface area contributed by atoms with Crippen LogP contribution in [0.15, 0.2) is 29.4 Å². The number of oxime groups is 1. The van der Waals surface area contributed by atoms with E-state index in [4.69, 9.17) is 20.4 Å². The summed E-state index contributed by atoms with van der Waals surface area (Å²) in [6.45, 7) is 2.67. The quantitative estimate of drug-likeness (QED) is 0.191. The van der Waals surface area contributed by atoms with Gasteiger partial charge in [0.05, 0.1) is 0 Å². The summed E-state index contributed by atoms with van der Waals surface area (Å²) in [5.41, 5.74) is 6.03. The smallest absolute Gasteiger partial charge is 0.189 e. The summed E-state index contributed by atoms with van der Waals surface area (Å²) < 4.78 is 10.3. The van der Waals surface area contributed by atoms with Crippen molar-refractivity contribution in [1.82, 2.24) is 0 Å². The number of rotatable bonds is 5. The zero-order chi connectivity index (χ0) is 11.1. The fraction of sp³-hybridized carbons (Fsp3) is 0.300. The molecule has 1 rings (SSSR count). The van der Waals surface area contributed by atoms with E-state index in [0.29, 0.717) is 17.9 Å². The Kier molecular flexibility index (Phi) is 4.43. The maximum Gasteiger partial charge on any atom is 0.189 e. The maximum atomic E-state index is 8.49. The highest BCUT2D eigenvalue weighted by molar-refractivity contribution is 5.97. The first-order chi connectivity index (χ1) is 7.27. The lowest BCUT2D eigenvalue weighted by Gasteiger charge is -2.06. The van der Waals surface area contributed by atoms with E-state index >= 15 is 0 Å². The van der Waals surface area contributed by atoms with Crippen molar-refractivity contribution in [3.63, 3.8) is 0 Å². The molecular weight excluding hydrogens is 196 g/mol. The summed E-state index contributed by atoms with van der Waals surface area (Å²) >= 11 is 0. The van der Waals surface area contributed by atoms with Crippen molar-refractivity contribution in [2.24, 2.45) is 10.9 Å². The Morgan fingerprint density at radius 1 is 1.53 bits per heavy atom. The van der Waals surface area contributed by atoms with Crippen molar-refractivity contribution in [3.05, 3.63) is 29.8 Å². The lowest BCUT2D eigenvalue weighted by Crippen LogP contribution is -2.13. The molecule has 0 atom stereocenters. The van der Waals surface area contributed by atoms with Crippen LogP contribution in [-0.4, -0.2) is 24.4 Å². The SMILES string of the molecule is CCOCOc1cccc(C(N)=NO)c1. The first-order valence-corrected chi connectivity index (χ1v) is 4.56. The average Bonchev–Trinajstić information content (AvgIpc) is 2.29. The summed E-state index contributed by atoms with van der Waals surface area (Å²) in [5, 5.41) is 11.4. The second-order valence-corrected chi connectivity index (χ2v) is 2.77. The summed E-state index contributed by atoms with van der Waals surface area (Å²) in [6.07, 6.45) is 0. The van der Waals surface area contributed by atoms with Gasteiger partial charge in [0, 0.05) is 12.2 Å². The highest BCUT2D eigenvalue weighted by atomic mass is 16.7. The van der Waals surface area contributed by atoms with Gasteiger partial charge in [-0.3, -0.25) is 0 Å². The van der Waals surface area contributed by atoms with E-state index in [2.05, 4.69) is 5.16 Å². The number of amidine groups is 1. The molecule has 0 bridgehead atoms. The monoisotopic (exact) mass is 210 g/mol. The zero-order valence-electron chi connectivity index (χ0n) is 8.51. The van der Waals surface area contributed by atoms with E-state index in [0.717, 1.165) is 0 Å². The molecule has 0 fully saturated rings. The van der Waals surface area contributed by atoms with Crippen LogP contribution in [0, 0.1) is 0 Å². The lowest BCUT2D eigenvalue weighted by molar-refractivity contribution is 0.0224. The Bertz CT molecular complexity index is 339. The predicted molar refractivity (Wildman–Crippen MR) is 56.1 cm³/mol. The summed E-state index contributed by atoms with van der Waals surface area (Å²) in [7, 11) is 0. The number of benzene rings is 1. The third-order valence-corrected chi connectivity index (χ3v) is 1.75. The van der Waals surface area contributed by atoms with Gasteiger partial charge in [-0.15, -0.1) is 0 Å². The van der Waals surface area contributed by atoms with E-state index < -0.39 is 0 Å². The minimum atomic E-state index is 0.0526. The average molecular weight is 210 g/mol. The number of hydrogen-bond donors (Lipinski definition) is 2. The van der Waals surface area contributed by atoms with Crippen LogP contribution in [-0.2, 0) is 4.74 Å². The first kappa shape index (κ1) is 11.3. The fourth-order valence-electron chi connectivity index (χ4n) is 0.996. The Hall–Kier alpha value is -1.75. The van der Waals surface area contributed by atoms with Crippen molar-refractivity contribution in [2.75, 3.05) is 13.4 Å². The highest BCUT2D eigenvalue weighted by Crippen LogP contribution is 2.12. The maximum absolute atomic E-state index is 8.49. The van der Waals surface area contributed by atoms with Gasteiger partial charge in [0.25, 0.3) is 0 Å². The van der Waals surface area contributed by atoms with Crippen molar-refractivity contribution >= 4 is 5.84 Å². The molecule has 0 aromatic heterocycles. The van der Waals surface area contributed by atoms with Gasteiger partial charge >= 0.3 is 0 Å². The molecule has 1 aromatic carbocycles. The van der Waals surface area contributed by atoms with Crippen molar-refractivity contribution in [2.45, 2.75) is 6.92 Å².